The van der Waals surface area contributed by atoms with Crippen LogP contribution < -0.4 is 0 Å². The molecule has 1 aliphatic carbocycles. The summed E-state index contributed by atoms with van der Waals surface area (Å²) in [6.07, 6.45) is 5.67. The Morgan fingerprint density at radius 3 is 2.56 bits per heavy atom. The number of hydrogen-bond acceptors (Lipinski definition) is 0. The van der Waals surface area contributed by atoms with Crippen molar-refractivity contribution in [1.82, 2.24) is 0 Å². The fourth-order valence-corrected chi connectivity index (χ4v) is 3.15. The van der Waals surface area contributed by atoms with Crippen LogP contribution in [0.15, 0.2) is 18.2 Å². The van der Waals surface area contributed by atoms with Gasteiger partial charge in [-0.05, 0) is 42.9 Å². The highest BCUT2D eigenvalue weighted by molar-refractivity contribution is 9.09. The van der Waals surface area contributed by atoms with Gasteiger partial charge in [0, 0.05) is 4.83 Å². The van der Waals surface area contributed by atoms with Gasteiger partial charge in [0.25, 0.3) is 0 Å². The van der Waals surface area contributed by atoms with Gasteiger partial charge in [-0.2, -0.15) is 0 Å². The van der Waals surface area contributed by atoms with E-state index in [9.17, 15) is 8.78 Å². The topological polar surface area (TPSA) is 0 Å². The lowest BCUT2D eigenvalue weighted by Crippen LogP contribution is -2.04. The van der Waals surface area contributed by atoms with E-state index in [0.717, 1.165) is 18.4 Å². The number of rotatable bonds is 1. The van der Waals surface area contributed by atoms with Crippen LogP contribution in [0.4, 0.5) is 8.78 Å². The molecular formula is C13H15BrF2. The quantitative estimate of drug-likeness (QED) is 0.515. The standard InChI is InChI=1S/C13H15BrF2/c14-11-4-2-1-3-9(7-11)10-5-6-12(15)13(16)8-10/h5-6,8-9,11H,1-4,7H2. The van der Waals surface area contributed by atoms with E-state index in [1.54, 1.807) is 6.07 Å². The van der Waals surface area contributed by atoms with E-state index in [-0.39, 0.29) is 0 Å². The minimum atomic E-state index is -0.757. The highest BCUT2D eigenvalue weighted by atomic mass is 79.9. The Labute approximate surface area is 103 Å². The molecule has 0 aromatic heterocycles. The number of halogens is 3. The van der Waals surface area contributed by atoms with Gasteiger partial charge < -0.3 is 0 Å². The Hall–Kier alpha value is -0.440. The molecule has 1 saturated carbocycles. The average molecular weight is 289 g/mol. The summed E-state index contributed by atoms with van der Waals surface area (Å²) in [6.45, 7) is 0. The molecule has 88 valence electrons. The van der Waals surface area contributed by atoms with Crippen LogP contribution in [0.3, 0.4) is 0 Å². The highest BCUT2D eigenvalue weighted by Gasteiger charge is 2.20. The summed E-state index contributed by atoms with van der Waals surface area (Å²) in [5, 5.41) is 0. The Bertz CT molecular complexity index is 365. The molecule has 0 radical (unpaired) electrons. The maximum Gasteiger partial charge on any atom is 0.159 e. The van der Waals surface area contributed by atoms with Gasteiger partial charge >= 0.3 is 0 Å². The molecule has 1 aromatic carbocycles. The SMILES string of the molecule is Fc1ccc(C2CCCCC(Br)C2)cc1F. The van der Waals surface area contributed by atoms with Gasteiger partial charge in [0.1, 0.15) is 0 Å². The molecular weight excluding hydrogens is 274 g/mol. The number of hydrogen-bond donors (Lipinski definition) is 0. The van der Waals surface area contributed by atoms with Gasteiger partial charge in [-0.3, -0.25) is 0 Å². The summed E-state index contributed by atoms with van der Waals surface area (Å²) in [4.78, 5) is 0.508. The van der Waals surface area contributed by atoms with E-state index in [2.05, 4.69) is 15.9 Å². The molecule has 0 aliphatic heterocycles. The lowest BCUT2D eigenvalue weighted by molar-refractivity contribution is 0.502. The molecule has 1 aromatic rings. The van der Waals surface area contributed by atoms with Crippen LogP contribution in [-0.2, 0) is 0 Å². The molecule has 1 aliphatic rings. The predicted molar refractivity (Wildman–Crippen MR) is 64.9 cm³/mol. The van der Waals surface area contributed by atoms with E-state index < -0.39 is 11.6 Å². The van der Waals surface area contributed by atoms with Crippen molar-refractivity contribution in [1.29, 1.82) is 0 Å². The van der Waals surface area contributed by atoms with Gasteiger partial charge in [-0.1, -0.05) is 34.8 Å². The molecule has 1 fully saturated rings. The predicted octanol–water partition coefficient (Wildman–Crippen LogP) is 4.78. The molecule has 2 rings (SSSR count). The third-order valence-corrected chi connectivity index (χ3v) is 4.11. The van der Waals surface area contributed by atoms with Gasteiger partial charge in [-0.15, -0.1) is 0 Å². The Morgan fingerprint density at radius 2 is 1.81 bits per heavy atom. The van der Waals surface area contributed by atoms with Gasteiger partial charge in [0.15, 0.2) is 11.6 Å². The van der Waals surface area contributed by atoms with Crippen molar-refractivity contribution in [2.45, 2.75) is 42.8 Å². The van der Waals surface area contributed by atoms with Gasteiger partial charge in [-0.25, -0.2) is 8.78 Å². The Morgan fingerprint density at radius 1 is 1.06 bits per heavy atom. The molecule has 2 atom stereocenters. The lowest BCUT2D eigenvalue weighted by atomic mass is 9.92. The second-order valence-corrected chi connectivity index (χ2v) is 5.78. The van der Waals surface area contributed by atoms with Crippen LogP contribution in [0, 0.1) is 11.6 Å². The van der Waals surface area contributed by atoms with Crippen molar-refractivity contribution in [3.8, 4) is 0 Å². The van der Waals surface area contributed by atoms with Crippen molar-refractivity contribution in [2.75, 3.05) is 0 Å². The van der Waals surface area contributed by atoms with E-state index in [1.807, 2.05) is 0 Å². The summed E-state index contributed by atoms with van der Waals surface area (Å²) in [7, 11) is 0. The second kappa shape index (κ2) is 5.26. The van der Waals surface area contributed by atoms with Crippen molar-refractivity contribution in [3.05, 3.63) is 35.4 Å². The first-order chi connectivity index (χ1) is 7.66. The monoisotopic (exact) mass is 288 g/mol. The number of benzene rings is 1. The lowest BCUT2D eigenvalue weighted by Gasteiger charge is -2.16. The largest absolute Gasteiger partial charge is 0.204 e. The molecule has 0 spiro atoms. The van der Waals surface area contributed by atoms with E-state index >= 15 is 0 Å². The maximum absolute atomic E-state index is 13.1. The average Bonchev–Trinajstić information content (AvgIpc) is 2.47. The first-order valence-electron chi connectivity index (χ1n) is 5.76. The van der Waals surface area contributed by atoms with Crippen LogP contribution in [0.5, 0.6) is 0 Å². The van der Waals surface area contributed by atoms with Gasteiger partial charge in [0.2, 0.25) is 0 Å². The summed E-state index contributed by atoms with van der Waals surface area (Å²) in [5.74, 6) is -1.12. The third kappa shape index (κ3) is 2.82. The smallest absolute Gasteiger partial charge is 0.159 e. The molecule has 0 amide bonds. The molecule has 16 heavy (non-hydrogen) atoms. The van der Waals surface area contributed by atoms with Crippen molar-refractivity contribution < 1.29 is 8.78 Å². The Balaban J connectivity index is 2.18. The fourth-order valence-electron chi connectivity index (χ4n) is 2.37. The fraction of sp³-hybridized carbons (Fsp3) is 0.538. The molecule has 0 bridgehead atoms. The summed E-state index contributed by atoms with van der Waals surface area (Å²) >= 11 is 3.64. The number of alkyl halides is 1. The van der Waals surface area contributed by atoms with Crippen LogP contribution in [-0.4, -0.2) is 4.83 Å². The molecule has 3 heteroatoms. The van der Waals surface area contributed by atoms with Crippen molar-refractivity contribution in [2.24, 2.45) is 0 Å². The first kappa shape index (κ1) is 12.0. The third-order valence-electron chi connectivity index (χ3n) is 3.28. The zero-order chi connectivity index (χ0) is 11.5. The van der Waals surface area contributed by atoms with Crippen LogP contribution in [0.1, 0.15) is 43.6 Å². The van der Waals surface area contributed by atoms with E-state index in [4.69, 9.17) is 0 Å². The van der Waals surface area contributed by atoms with Gasteiger partial charge in [0.05, 0.1) is 0 Å². The molecule has 0 saturated heterocycles. The maximum atomic E-state index is 13.1. The summed E-state index contributed by atoms with van der Waals surface area (Å²) < 4.78 is 26.0. The minimum Gasteiger partial charge on any atom is -0.204 e. The molecule has 0 nitrogen and oxygen atoms in total. The molecule has 2 unspecified atom stereocenters. The zero-order valence-corrected chi connectivity index (χ0v) is 10.6. The summed E-state index contributed by atoms with van der Waals surface area (Å²) in [6, 6.07) is 4.30. The normalized spacial score (nSPS) is 26.4. The summed E-state index contributed by atoms with van der Waals surface area (Å²) in [5.41, 5.74) is 0.935. The van der Waals surface area contributed by atoms with E-state index in [1.165, 1.54) is 31.4 Å². The molecule has 0 N–H and O–H groups in total. The highest BCUT2D eigenvalue weighted by Crippen LogP contribution is 2.35. The van der Waals surface area contributed by atoms with Crippen molar-refractivity contribution in [3.63, 3.8) is 0 Å². The molecule has 0 heterocycles. The Kier molecular flexibility index (Phi) is 3.95. The van der Waals surface area contributed by atoms with E-state index in [0.29, 0.717) is 10.7 Å². The minimum absolute atomic E-state index is 0.363. The van der Waals surface area contributed by atoms with Crippen LogP contribution in [0.25, 0.3) is 0 Å². The van der Waals surface area contributed by atoms with Crippen molar-refractivity contribution >= 4 is 15.9 Å². The second-order valence-electron chi connectivity index (χ2n) is 4.49. The van der Waals surface area contributed by atoms with Crippen LogP contribution in [0.2, 0.25) is 0 Å². The van der Waals surface area contributed by atoms with Crippen LogP contribution >= 0.6 is 15.9 Å². The zero-order valence-electron chi connectivity index (χ0n) is 9.06. The first-order valence-corrected chi connectivity index (χ1v) is 6.67.